The highest BCUT2D eigenvalue weighted by Gasteiger charge is 2.40. The minimum atomic E-state index is -3.76. The molecule has 226 valence electrons. The maximum atomic E-state index is 14.1. The molecule has 1 aromatic carbocycles. The number of unbranched alkanes of at least 4 members (excludes halogenated alkanes) is 3. The minimum Gasteiger partial charge on any atom is -0.415 e. The molecule has 0 aliphatic carbocycles. The molecule has 1 atom stereocenters. The molecule has 0 bridgehead atoms. The summed E-state index contributed by atoms with van der Waals surface area (Å²) in [5.41, 5.74) is 0.972. The molecule has 0 N–H and O–H groups in total. The summed E-state index contributed by atoms with van der Waals surface area (Å²) >= 11 is 0. The van der Waals surface area contributed by atoms with E-state index in [0.29, 0.717) is 43.9 Å². The van der Waals surface area contributed by atoms with Gasteiger partial charge in [-0.3, -0.25) is 0 Å². The molecule has 0 spiro atoms. The van der Waals surface area contributed by atoms with Crippen LogP contribution in [-0.4, -0.2) is 54.8 Å². The van der Waals surface area contributed by atoms with Gasteiger partial charge >= 0.3 is 0 Å². The molecule has 0 heterocycles. The lowest BCUT2D eigenvalue weighted by Gasteiger charge is -2.39. The summed E-state index contributed by atoms with van der Waals surface area (Å²) in [6, 6.07) is 6.85. The van der Waals surface area contributed by atoms with Crippen LogP contribution in [0, 0.1) is 0 Å². The minimum absolute atomic E-state index is 0.0224. The highest BCUT2D eigenvalue weighted by atomic mass is 32.2. The average Bonchev–Trinajstić information content (AvgIpc) is 2.82. The third kappa shape index (κ3) is 10.8. The fourth-order valence-corrected chi connectivity index (χ4v) is 7.34. The number of rotatable bonds is 17. The van der Waals surface area contributed by atoms with Gasteiger partial charge in [-0.25, -0.2) is 8.42 Å². The van der Waals surface area contributed by atoms with Gasteiger partial charge < -0.3 is 13.6 Å². The number of sulfonamides is 1. The quantitative estimate of drug-likeness (QED) is 0.103. The second kappa shape index (κ2) is 14.9. The first-order valence-electron chi connectivity index (χ1n) is 14.6. The molecule has 0 aliphatic rings. The Kier molecular flexibility index (Phi) is 13.8. The highest BCUT2D eigenvalue weighted by molar-refractivity contribution is 7.89. The molecule has 6 nitrogen and oxygen atoms in total. The van der Waals surface area contributed by atoms with Crippen LogP contribution < -0.4 is 0 Å². The van der Waals surface area contributed by atoms with Crippen LogP contribution in [0.5, 0.6) is 0 Å². The van der Waals surface area contributed by atoms with Gasteiger partial charge in [0, 0.05) is 19.0 Å². The third-order valence-corrected chi connectivity index (χ3v) is 19.6. The number of hydrogen-bond acceptors (Lipinski definition) is 5. The SMILES string of the molecule is CCCCCN(C(CCCC=O)CO[Si](C)(C)C(C)(C)C)S(=O)(=O)c1ccc(CO[Si](C)(C)C(C)(C)C)cc1. The summed E-state index contributed by atoms with van der Waals surface area (Å²) in [6.45, 7) is 25.4. The van der Waals surface area contributed by atoms with E-state index in [1.807, 2.05) is 12.1 Å². The molecule has 1 unspecified atom stereocenters. The molecule has 39 heavy (non-hydrogen) atoms. The zero-order valence-electron chi connectivity index (χ0n) is 26.7. The van der Waals surface area contributed by atoms with E-state index in [9.17, 15) is 13.2 Å². The maximum Gasteiger partial charge on any atom is 0.243 e. The van der Waals surface area contributed by atoms with E-state index < -0.39 is 26.7 Å². The normalized spacial score (nSPS) is 14.6. The second-order valence-corrected chi connectivity index (χ2v) is 25.3. The van der Waals surface area contributed by atoms with E-state index in [1.54, 1.807) is 16.4 Å². The monoisotopic (exact) mass is 599 g/mol. The molecule has 0 aliphatic heterocycles. The predicted octanol–water partition coefficient (Wildman–Crippen LogP) is 8.15. The van der Waals surface area contributed by atoms with Gasteiger partial charge in [-0.05, 0) is 73.2 Å². The van der Waals surface area contributed by atoms with Crippen molar-refractivity contribution in [1.82, 2.24) is 4.31 Å². The molecule has 1 rings (SSSR count). The summed E-state index contributed by atoms with van der Waals surface area (Å²) < 4.78 is 42.7. The summed E-state index contributed by atoms with van der Waals surface area (Å²) in [5.74, 6) is 0. The number of nitrogens with zero attached hydrogens (tertiary/aromatic N) is 1. The predicted molar refractivity (Wildman–Crippen MR) is 169 cm³/mol. The number of benzene rings is 1. The van der Waals surface area contributed by atoms with Crippen LogP contribution in [-0.2, 0) is 30.3 Å². The molecule has 9 heteroatoms. The Labute approximate surface area is 242 Å². The number of carbonyl (C=O) groups excluding carboxylic acids is 1. The molecule has 0 amide bonds. The van der Waals surface area contributed by atoms with Gasteiger partial charge in [0.2, 0.25) is 10.0 Å². The van der Waals surface area contributed by atoms with Crippen LogP contribution in [0.4, 0.5) is 0 Å². The van der Waals surface area contributed by atoms with Crippen molar-refractivity contribution >= 4 is 32.9 Å². The van der Waals surface area contributed by atoms with Crippen molar-refractivity contribution < 1.29 is 22.1 Å². The topological polar surface area (TPSA) is 72.9 Å². The lowest BCUT2D eigenvalue weighted by Crippen LogP contribution is -2.48. The van der Waals surface area contributed by atoms with Gasteiger partial charge in [0.1, 0.15) is 6.29 Å². The maximum absolute atomic E-state index is 14.1. The van der Waals surface area contributed by atoms with E-state index in [0.717, 1.165) is 31.1 Å². The Balaban J connectivity index is 3.28. The molecule has 0 saturated heterocycles. The molecule has 0 aromatic heterocycles. The van der Waals surface area contributed by atoms with E-state index in [4.69, 9.17) is 8.85 Å². The van der Waals surface area contributed by atoms with Gasteiger partial charge in [-0.2, -0.15) is 4.31 Å². The largest absolute Gasteiger partial charge is 0.415 e. The first-order chi connectivity index (χ1) is 17.8. The smallest absolute Gasteiger partial charge is 0.243 e. The van der Waals surface area contributed by atoms with Gasteiger partial charge in [0.05, 0.1) is 18.1 Å². The fraction of sp³-hybridized carbons (Fsp3) is 0.767. The van der Waals surface area contributed by atoms with Gasteiger partial charge in [-0.15, -0.1) is 0 Å². The average molecular weight is 600 g/mol. The number of hydrogen-bond donors (Lipinski definition) is 0. The van der Waals surface area contributed by atoms with Gasteiger partial charge in [0.25, 0.3) is 0 Å². The standard InChI is InChI=1S/C30H57NO5SSi2/c1-12-13-15-22-31(27(17-14-16-23-32)25-36-39(10,11)30(5,6)7)37(33,34)28-20-18-26(19-21-28)24-35-38(8,9)29(2,3)4/h18-21,23,27H,12-17,22,24-25H2,1-11H3. The van der Waals surface area contributed by atoms with Crippen LogP contribution in [0.15, 0.2) is 29.2 Å². The van der Waals surface area contributed by atoms with E-state index in [1.165, 1.54) is 0 Å². The fourth-order valence-electron chi connectivity index (χ4n) is 3.66. The Morgan fingerprint density at radius 1 is 0.872 bits per heavy atom. The van der Waals surface area contributed by atoms with Crippen molar-refractivity contribution in [1.29, 1.82) is 0 Å². The van der Waals surface area contributed by atoms with Crippen molar-refractivity contribution in [2.75, 3.05) is 13.2 Å². The third-order valence-electron chi connectivity index (χ3n) is 8.63. The molecular formula is C30H57NO5SSi2. The molecule has 1 aromatic rings. The Hall–Kier alpha value is -0.846. The number of aldehydes is 1. The van der Waals surface area contributed by atoms with Crippen molar-refractivity contribution in [2.45, 2.75) is 141 Å². The zero-order chi connectivity index (χ0) is 30.1. The van der Waals surface area contributed by atoms with Crippen LogP contribution in [0.3, 0.4) is 0 Å². The first kappa shape index (κ1) is 36.2. The molecule has 0 saturated carbocycles. The Morgan fingerprint density at radius 3 is 1.90 bits per heavy atom. The van der Waals surface area contributed by atoms with Crippen LogP contribution >= 0.6 is 0 Å². The Bertz CT molecular complexity index is 980. The second-order valence-electron chi connectivity index (χ2n) is 13.8. The van der Waals surface area contributed by atoms with E-state index in [-0.39, 0.29) is 16.1 Å². The summed E-state index contributed by atoms with van der Waals surface area (Å²) in [4.78, 5) is 11.4. The highest BCUT2D eigenvalue weighted by Crippen LogP contribution is 2.38. The van der Waals surface area contributed by atoms with Crippen molar-refractivity contribution in [3.05, 3.63) is 29.8 Å². The van der Waals surface area contributed by atoms with Crippen molar-refractivity contribution in [3.63, 3.8) is 0 Å². The van der Waals surface area contributed by atoms with Crippen LogP contribution in [0.2, 0.25) is 36.3 Å². The zero-order valence-corrected chi connectivity index (χ0v) is 29.5. The van der Waals surface area contributed by atoms with E-state index in [2.05, 4.69) is 74.7 Å². The van der Waals surface area contributed by atoms with Crippen molar-refractivity contribution in [3.8, 4) is 0 Å². The molecular weight excluding hydrogens is 543 g/mol. The van der Waals surface area contributed by atoms with Crippen LogP contribution in [0.1, 0.15) is 92.6 Å². The Morgan fingerprint density at radius 2 is 1.41 bits per heavy atom. The molecule has 0 fully saturated rings. The van der Waals surface area contributed by atoms with E-state index >= 15 is 0 Å². The lowest BCUT2D eigenvalue weighted by molar-refractivity contribution is -0.108. The number of carbonyl (C=O) groups is 1. The lowest BCUT2D eigenvalue weighted by atomic mass is 10.1. The summed E-state index contributed by atoms with van der Waals surface area (Å²) in [6.07, 6.45) is 5.32. The van der Waals surface area contributed by atoms with Crippen molar-refractivity contribution in [2.24, 2.45) is 0 Å². The van der Waals surface area contributed by atoms with Gasteiger partial charge in [0.15, 0.2) is 16.6 Å². The summed E-state index contributed by atoms with van der Waals surface area (Å²) in [5, 5.41) is 0.134. The summed E-state index contributed by atoms with van der Waals surface area (Å²) in [7, 11) is -7.75. The first-order valence-corrected chi connectivity index (χ1v) is 21.9. The molecule has 0 radical (unpaired) electrons. The van der Waals surface area contributed by atoms with Crippen LogP contribution in [0.25, 0.3) is 0 Å². The van der Waals surface area contributed by atoms with Gasteiger partial charge in [-0.1, -0.05) is 73.4 Å².